The number of aryl methyl sites for hydroxylation is 1. The minimum Gasteiger partial charge on any atom is -0.365 e. The van der Waals surface area contributed by atoms with Crippen LogP contribution in [0.3, 0.4) is 0 Å². The lowest BCUT2D eigenvalue weighted by Crippen LogP contribution is -2.47. The first-order chi connectivity index (χ1) is 11.8. The fourth-order valence-corrected chi connectivity index (χ4v) is 3.39. The van der Waals surface area contributed by atoms with Crippen LogP contribution in [0.5, 0.6) is 0 Å². The zero-order chi connectivity index (χ0) is 16.5. The number of anilines is 1. The summed E-state index contributed by atoms with van der Waals surface area (Å²) >= 11 is 0. The van der Waals surface area contributed by atoms with Gasteiger partial charge >= 0.3 is 0 Å². The number of nitrogens with zero attached hydrogens (tertiary/aromatic N) is 6. The first-order valence-corrected chi connectivity index (χ1v) is 8.46. The highest BCUT2D eigenvalue weighted by Gasteiger charge is 2.27. The van der Waals surface area contributed by atoms with Gasteiger partial charge in [-0.25, -0.2) is 0 Å². The summed E-state index contributed by atoms with van der Waals surface area (Å²) < 4.78 is 1.80. The molecule has 1 unspecified atom stereocenters. The number of benzene rings is 1. The molecule has 3 aromatic rings. The van der Waals surface area contributed by atoms with Crippen molar-refractivity contribution in [2.75, 3.05) is 31.6 Å². The Balaban J connectivity index is 1.71. The topological polar surface area (TPSA) is 49.6 Å². The van der Waals surface area contributed by atoms with Gasteiger partial charge in [0.2, 0.25) is 5.65 Å². The van der Waals surface area contributed by atoms with Crippen LogP contribution in [0, 0.1) is 0 Å². The lowest BCUT2D eigenvalue weighted by Gasteiger charge is -2.40. The lowest BCUT2D eigenvalue weighted by molar-refractivity contribution is 0.221. The third-order valence-electron chi connectivity index (χ3n) is 4.83. The van der Waals surface area contributed by atoms with Crippen molar-refractivity contribution in [3.8, 4) is 0 Å². The summed E-state index contributed by atoms with van der Waals surface area (Å²) in [6, 6.07) is 13.3. The molecule has 6 nitrogen and oxygen atoms in total. The van der Waals surface area contributed by atoms with Gasteiger partial charge in [-0.05, 0) is 25.1 Å². The maximum atomic E-state index is 4.56. The van der Waals surface area contributed by atoms with Crippen molar-refractivity contribution >= 4 is 11.3 Å². The van der Waals surface area contributed by atoms with Gasteiger partial charge < -0.3 is 4.90 Å². The van der Waals surface area contributed by atoms with Crippen LogP contribution in [0.15, 0.2) is 42.7 Å². The Hall–Kier alpha value is -2.47. The van der Waals surface area contributed by atoms with Crippen LogP contribution in [0.25, 0.3) is 5.65 Å². The standard InChI is InChI=1S/C18H22N6/c1-3-15-11-16(18-20-19-13-24(18)21-15)23-10-9-22(2)17(12-23)14-7-5-4-6-8-14/h4-8,11,13,17H,3,9-10,12H2,1-2H3. The Morgan fingerprint density at radius 1 is 1.17 bits per heavy atom. The fourth-order valence-electron chi connectivity index (χ4n) is 3.39. The third-order valence-corrected chi connectivity index (χ3v) is 4.83. The molecule has 1 saturated heterocycles. The molecule has 4 rings (SSSR count). The number of piperazine rings is 1. The molecule has 0 spiro atoms. The van der Waals surface area contributed by atoms with Crippen molar-refractivity contribution in [3.63, 3.8) is 0 Å². The summed E-state index contributed by atoms with van der Waals surface area (Å²) in [6.07, 6.45) is 2.58. The number of rotatable bonds is 3. The van der Waals surface area contributed by atoms with Crippen molar-refractivity contribution in [2.45, 2.75) is 19.4 Å². The summed E-state index contributed by atoms with van der Waals surface area (Å²) in [5.41, 5.74) is 4.39. The molecule has 1 aliphatic heterocycles. The molecule has 0 radical (unpaired) electrons. The van der Waals surface area contributed by atoms with E-state index in [0.29, 0.717) is 6.04 Å². The maximum Gasteiger partial charge on any atom is 0.200 e. The van der Waals surface area contributed by atoms with E-state index in [0.717, 1.165) is 43.1 Å². The molecule has 1 aromatic carbocycles. The van der Waals surface area contributed by atoms with E-state index in [-0.39, 0.29) is 0 Å². The zero-order valence-corrected chi connectivity index (χ0v) is 14.1. The molecule has 0 aliphatic carbocycles. The van der Waals surface area contributed by atoms with Gasteiger partial charge in [0.05, 0.1) is 17.4 Å². The van der Waals surface area contributed by atoms with Gasteiger partial charge in [0.15, 0.2) is 0 Å². The zero-order valence-electron chi connectivity index (χ0n) is 14.1. The predicted molar refractivity (Wildman–Crippen MR) is 94.2 cm³/mol. The molecule has 124 valence electrons. The number of hydrogen-bond donors (Lipinski definition) is 0. The molecular weight excluding hydrogens is 300 g/mol. The smallest absolute Gasteiger partial charge is 0.200 e. The van der Waals surface area contributed by atoms with Gasteiger partial charge in [0.1, 0.15) is 6.33 Å². The minimum atomic E-state index is 0.376. The van der Waals surface area contributed by atoms with Crippen LogP contribution >= 0.6 is 0 Å². The van der Waals surface area contributed by atoms with E-state index in [2.05, 4.69) is 75.5 Å². The molecule has 0 amide bonds. The Bertz CT molecular complexity index is 828. The predicted octanol–water partition coefficient (Wildman–Crippen LogP) is 2.18. The van der Waals surface area contributed by atoms with E-state index in [1.54, 1.807) is 10.8 Å². The largest absolute Gasteiger partial charge is 0.365 e. The average Bonchev–Trinajstić information content (AvgIpc) is 3.10. The van der Waals surface area contributed by atoms with Crippen LogP contribution in [-0.4, -0.2) is 51.4 Å². The first-order valence-electron chi connectivity index (χ1n) is 8.46. The Kier molecular flexibility index (Phi) is 3.90. The highest BCUT2D eigenvalue weighted by atomic mass is 15.4. The number of hydrogen-bond acceptors (Lipinski definition) is 5. The van der Waals surface area contributed by atoms with Gasteiger partial charge in [-0.15, -0.1) is 10.2 Å². The van der Waals surface area contributed by atoms with Crippen molar-refractivity contribution in [2.24, 2.45) is 0 Å². The number of fused-ring (bicyclic) bond motifs is 1. The van der Waals surface area contributed by atoms with Crippen LogP contribution in [0.1, 0.15) is 24.2 Å². The molecule has 0 N–H and O–H groups in total. The molecule has 24 heavy (non-hydrogen) atoms. The summed E-state index contributed by atoms with van der Waals surface area (Å²) in [7, 11) is 2.20. The molecule has 3 heterocycles. The molecule has 6 heteroatoms. The Morgan fingerprint density at radius 3 is 2.79 bits per heavy atom. The van der Waals surface area contributed by atoms with Gasteiger partial charge in [-0.3, -0.25) is 4.90 Å². The van der Waals surface area contributed by atoms with Crippen molar-refractivity contribution in [3.05, 3.63) is 54.0 Å². The summed E-state index contributed by atoms with van der Waals surface area (Å²) in [5, 5.41) is 12.9. The van der Waals surface area contributed by atoms with Crippen molar-refractivity contribution in [1.29, 1.82) is 0 Å². The normalized spacial score (nSPS) is 19.1. The van der Waals surface area contributed by atoms with Crippen molar-refractivity contribution in [1.82, 2.24) is 24.7 Å². The SMILES string of the molecule is CCc1cc(N2CCN(C)C(c3ccccc3)C2)c2nncn2n1. The van der Waals surface area contributed by atoms with Gasteiger partial charge in [0, 0.05) is 19.6 Å². The molecule has 1 atom stereocenters. The average molecular weight is 322 g/mol. The van der Waals surface area contributed by atoms with E-state index in [1.807, 2.05) is 0 Å². The highest BCUT2D eigenvalue weighted by Crippen LogP contribution is 2.29. The fraction of sp³-hybridized carbons (Fsp3) is 0.389. The van der Waals surface area contributed by atoms with Gasteiger partial charge in [-0.1, -0.05) is 37.3 Å². The van der Waals surface area contributed by atoms with E-state index >= 15 is 0 Å². The summed E-state index contributed by atoms with van der Waals surface area (Å²) in [6.45, 7) is 5.06. The molecule has 1 fully saturated rings. The highest BCUT2D eigenvalue weighted by molar-refractivity contribution is 5.68. The van der Waals surface area contributed by atoms with Crippen LogP contribution in [0.4, 0.5) is 5.69 Å². The first kappa shape index (κ1) is 15.1. The van der Waals surface area contributed by atoms with E-state index in [4.69, 9.17) is 0 Å². The molecule has 0 bridgehead atoms. The molecule has 2 aromatic heterocycles. The minimum absolute atomic E-state index is 0.376. The van der Waals surface area contributed by atoms with Gasteiger partial charge in [-0.2, -0.15) is 9.61 Å². The molecule has 1 aliphatic rings. The Morgan fingerprint density at radius 2 is 2.00 bits per heavy atom. The second kappa shape index (κ2) is 6.20. The monoisotopic (exact) mass is 322 g/mol. The van der Waals surface area contributed by atoms with Crippen LogP contribution in [0.2, 0.25) is 0 Å². The van der Waals surface area contributed by atoms with Crippen molar-refractivity contribution < 1.29 is 0 Å². The number of likely N-dealkylation sites (N-methyl/N-ethyl adjacent to an activating group) is 1. The summed E-state index contributed by atoms with van der Waals surface area (Å²) in [4.78, 5) is 4.84. The molecular formula is C18H22N6. The van der Waals surface area contributed by atoms with E-state index in [1.165, 1.54) is 5.56 Å². The van der Waals surface area contributed by atoms with E-state index in [9.17, 15) is 0 Å². The molecule has 0 saturated carbocycles. The van der Waals surface area contributed by atoms with Crippen LogP contribution in [-0.2, 0) is 6.42 Å². The van der Waals surface area contributed by atoms with Gasteiger partial charge in [0.25, 0.3) is 0 Å². The Labute approximate surface area is 141 Å². The number of aromatic nitrogens is 4. The maximum absolute atomic E-state index is 4.56. The quantitative estimate of drug-likeness (QED) is 0.740. The van der Waals surface area contributed by atoms with Crippen LogP contribution < -0.4 is 4.90 Å². The third kappa shape index (κ3) is 2.63. The summed E-state index contributed by atoms with van der Waals surface area (Å²) in [5.74, 6) is 0. The lowest BCUT2D eigenvalue weighted by atomic mass is 10.0. The second-order valence-electron chi connectivity index (χ2n) is 6.33. The second-order valence-corrected chi connectivity index (χ2v) is 6.33. The van der Waals surface area contributed by atoms with E-state index < -0.39 is 0 Å².